The van der Waals surface area contributed by atoms with E-state index in [-0.39, 0.29) is 6.41 Å². The van der Waals surface area contributed by atoms with Crippen molar-refractivity contribution in [1.82, 2.24) is 0 Å². The molecule has 0 aromatic rings. The molecule has 0 unspecified atom stereocenters. The molecule has 0 spiro atoms. The van der Waals surface area contributed by atoms with Gasteiger partial charge in [0.1, 0.15) is 0 Å². The first kappa shape index (κ1) is 7.48. The Bertz CT molecular complexity index is 171. The summed E-state index contributed by atoms with van der Waals surface area (Å²) in [4.78, 5) is 31.8. The molecule has 0 aromatic carbocycles. The zero-order valence-electron chi connectivity index (χ0n) is 4.27. The minimum atomic E-state index is -1.62. The van der Waals surface area contributed by atoms with Gasteiger partial charge in [-0.05, 0) is 0 Å². The molecule has 48 valence electrons. The maximum Gasteiger partial charge on any atom is 0.378 e. The molecule has 0 saturated heterocycles. The van der Waals surface area contributed by atoms with E-state index in [1.165, 1.54) is 0 Å². The molecule has 5 nitrogen and oxygen atoms in total. The lowest BCUT2D eigenvalue weighted by Crippen LogP contribution is -2.13. The summed E-state index contributed by atoms with van der Waals surface area (Å²) in [5, 5.41) is 7.85. The Morgan fingerprint density at radius 3 is 2.33 bits per heavy atom. The van der Waals surface area contributed by atoms with E-state index in [0.717, 1.165) is 0 Å². The van der Waals surface area contributed by atoms with E-state index in [2.05, 4.69) is 4.99 Å². The summed E-state index contributed by atoms with van der Waals surface area (Å²) in [6.07, 6.45) is 0.524. The molecule has 0 radical (unpaired) electrons. The highest BCUT2D eigenvalue weighted by atomic mass is 16.4. The van der Waals surface area contributed by atoms with Gasteiger partial charge in [-0.2, -0.15) is 0 Å². The number of amides is 1. The lowest BCUT2D eigenvalue weighted by molar-refractivity contribution is -0.145. The lowest BCUT2D eigenvalue weighted by atomic mass is 10.4. The van der Waals surface area contributed by atoms with E-state index in [0.29, 0.717) is 6.21 Å². The van der Waals surface area contributed by atoms with Gasteiger partial charge in [0.15, 0.2) is 0 Å². The number of aliphatic carboxylic acids is 1. The van der Waals surface area contributed by atoms with E-state index < -0.39 is 11.8 Å². The maximum absolute atomic E-state index is 9.99. The molecule has 1 N–H and O–H groups in total. The normalized spacial score (nSPS) is 9.33. The molecule has 0 atom stereocenters. The van der Waals surface area contributed by atoms with Crippen LogP contribution < -0.4 is 0 Å². The van der Waals surface area contributed by atoms with Crippen LogP contribution in [0.5, 0.6) is 0 Å². The summed E-state index contributed by atoms with van der Waals surface area (Å²) in [5.41, 5.74) is 0. The molecule has 0 aliphatic heterocycles. The number of Topliss-reactive ketones (excluding diaryl/α,β-unsaturated/α-hetero) is 1. The Labute approximate surface area is 50.0 Å². The number of aliphatic imine (C=N–C) groups is 1. The smallest absolute Gasteiger partial charge is 0.378 e. The number of rotatable bonds is 3. The topological polar surface area (TPSA) is 83.8 Å². The molecule has 0 aromatic heterocycles. The van der Waals surface area contributed by atoms with Gasteiger partial charge in [0.25, 0.3) is 5.78 Å². The molecular weight excluding hydrogens is 126 g/mol. The van der Waals surface area contributed by atoms with Crippen molar-refractivity contribution in [2.24, 2.45) is 4.99 Å². The van der Waals surface area contributed by atoms with Gasteiger partial charge in [-0.1, -0.05) is 0 Å². The molecule has 0 heterocycles. The quantitative estimate of drug-likeness (QED) is 0.297. The SMILES string of the molecule is O=CN=CC(=O)C(=O)O. The summed E-state index contributed by atoms with van der Waals surface area (Å²) < 4.78 is 0. The van der Waals surface area contributed by atoms with Crippen LogP contribution in [0.1, 0.15) is 0 Å². The van der Waals surface area contributed by atoms with Crippen LogP contribution >= 0.6 is 0 Å². The zero-order valence-corrected chi connectivity index (χ0v) is 4.27. The molecule has 9 heavy (non-hydrogen) atoms. The molecule has 1 amide bonds. The summed E-state index contributed by atoms with van der Waals surface area (Å²) in [7, 11) is 0. The van der Waals surface area contributed by atoms with E-state index >= 15 is 0 Å². The van der Waals surface area contributed by atoms with Crippen LogP contribution in [-0.2, 0) is 14.4 Å². The first-order chi connectivity index (χ1) is 4.18. The van der Waals surface area contributed by atoms with E-state index in [1.807, 2.05) is 0 Å². The van der Waals surface area contributed by atoms with Crippen molar-refractivity contribution >= 4 is 24.4 Å². The number of nitrogens with zero attached hydrogens (tertiary/aromatic N) is 1. The third kappa shape index (κ3) is 3.10. The van der Waals surface area contributed by atoms with E-state index in [1.54, 1.807) is 0 Å². The van der Waals surface area contributed by atoms with Gasteiger partial charge in [0, 0.05) is 0 Å². The fourth-order valence-electron chi connectivity index (χ4n) is 0.153. The van der Waals surface area contributed by atoms with Crippen LogP contribution in [0.15, 0.2) is 4.99 Å². The molecule has 0 rings (SSSR count). The zero-order chi connectivity index (χ0) is 7.28. The number of carbonyl (C=O) groups is 3. The molecule has 0 saturated carbocycles. The fraction of sp³-hybridized carbons (Fsp3) is 0. The highest BCUT2D eigenvalue weighted by Crippen LogP contribution is 1.65. The highest BCUT2D eigenvalue weighted by Gasteiger charge is 2.05. The first-order valence-corrected chi connectivity index (χ1v) is 1.92. The predicted molar refractivity (Wildman–Crippen MR) is 27.2 cm³/mol. The van der Waals surface area contributed by atoms with Crippen LogP contribution in [0.25, 0.3) is 0 Å². The van der Waals surface area contributed by atoms with Gasteiger partial charge in [-0.25, -0.2) is 9.79 Å². The van der Waals surface area contributed by atoms with Crippen LogP contribution in [0.2, 0.25) is 0 Å². The highest BCUT2D eigenvalue weighted by molar-refractivity contribution is 6.56. The van der Waals surface area contributed by atoms with Crippen molar-refractivity contribution in [3.05, 3.63) is 0 Å². The number of carbonyl (C=O) groups excluding carboxylic acids is 2. The number of carboxylic acids is 1. The second kappa shape index (κ2) is 3.48. The Morgan fingerprint density at radius 1 is 1.44 bits per heavy atom. The third-order valence-electron chi connectivity index (χ3n) is 0.463. The second-order valence-electron chi connectivity index (χ2n) is 1.05. The molecule has 0 aliphatic carbocycles. The Kier molecular flexibility index (Phi) is 2.89. The molecule has 0 aliphatic rings. The Balaban J connectivity index is 3.92. The number of ketones is 1. The molecular formula is C4H3NO4. The molecule has 5 heteroatoms. The van der Waals surface area contributed by atoms with Crippen LogP contribution in [0.3, 0.4) is 0 Å². The van der Waals surface area contributed by atoms with Crippen molar-refractivity contribution in [2.75, 3.05) is 0 Å². The van der Waals surface area contributed by atoms with Gasteiger partial charge in [0.2, 0.25) is 6.41 Å². The van der Waals surface area contributed by atoms with E-state index in [4.69, 9.17) is 5.11 Å². The average molecular weight is 129 g/mol. The number of carboxylic acid groups (broad SMARTS) is 1. The van der Waals surface area contributed by atoms with Crippen molar-refractivity contribution in [1.29, 1.82) is 0 Å². The second-order valence-corrected chi connectivity index (χ2v) is 1.05. The molecule has 0 bridgehead atoms. The average Bonchev–Trinajstić information content (AvgIpc) is 1.82. The summed E-state index contributed by atoms with van der Waals surface area (Å²) in [5.74, 6) is -2.83. The minimum Gasteiger partial charge on any atom is -0.475 e. The van der Waals surface area contributed by atoms with Crippen molar-refractivity contribution in [3.8, 4) is 0 Å². The van der Waals surface area contributed by atoms with Gasteiger partial charge in [0.05, 0.1) is 6.21 Å². The van der Waals surface area contributed by atoms with Crippen molar-refractivity contribution in [2.45, 2.75) is 0 Å². The number of hydrogen-bond acceptors (Lipinski definition) is 3. The molecule has 0 fully saturated rings. The minimum absolute atomic E-state index is 0.0842. The maximum atomic E-state index is 9.99. The predicted octanol–water partition coefficient (Wildman–Crippen LogP) is -1.13. The van der Waals surface area contributed by atoms with Crippen LogP contribution in [0.4, 0.5) is 0 Å². The van der Waals surface area contributed by atoms with Gasteiger partial charge in [-0.3, -0.25) is 9.59 Å². The van der Waals surface area contributed by atoms with Gasteiger partial charge >= 0.3 is 5.97 Å². The summed E-state index contributed by atoms with van der Waals surface area (Å²) in [6.45, 7) is 0. The van der Waals surface area contributed by atoms with Crippen LogP contribution in [-0.4, -0.2) is 29.5 Å². The monoisotopic (exact) mass is 129 g/mol. The number of hydrogen-bond donors (Lipinski definition) is 1. The lowest BCUT2D eigenvalue weighted by Gasteiger charge is -1.77. The largest absolute Gasteiger partial charge is 0.475 e. The van der Waals surface area contributed by atoms with Crippen molar-refractivity contribution < 1.29 is 19.5 Å². The summed E-state index contributed by atoms with van der Waals surface area (Å²) >= 11 is 0. The fourth-order valence-corrected chi connectivity index (χ4v) is 0.153. The summed E-state index contributed by atoms with van der Waals surface area (Å²) in [6, 6.07) is 0. The standard InChI is InChI=1S/C4H3NO4/c6-2-5-1-3(7)4(8)9/h1-2H,(H,8,9). The van der Waals surface area contributed by atoms with E-state index in [9.17, 15) is 14.4 Å². The van der Waals surface area contributed by atoms with Gasteiger partial charge < -0.3 is 5.11 Å². The van der Waals surface area contributed by atoms with Crippen molar-refractivity contribution in [3.63, 3.8) is 0 Å². The van der Waals surface area contributed by atoms with Crippen LogP contribution in [0, 0.1) is 0 Å². The third-order valence-corrected chi connectivity index (χ3v) is 0.463. The van der Waals surface area contributed by atoms with Gasteiger partial charge in [-0.15, -0.1) is 0 Å². The Morgan fingerprint density at radius 2 is 2.00 bits per heavy atom. The first-order valence-electron chi connectivity index (χ1n) is 1.92. The Hall–Kier alpha value is -1.52.